The van der Waals surface area contributed by atoms with E-state index in [1.807, 2.05) is 0 Å². The predicted molar refractivity (Wildman–Crippen MR) is 57.1 cm³/mol. The van der Waals surface area contributed by atoms with Crippen molar-refractivity contribution in [3.8, 4) is 0 Å². The smallest absolute Gasteiger partial charge is 0.308 e. The predicted octanol–water partition coefficient (Wildman–Crippen LogP) is 0.634. The molecule has 6 nitrogen and oxygen atoms in total. The number of rotatable bonds is 6. The van der Waals surface area contributed by atoms with Gasteiger partial charge in [0.2, 0.25) is 0 Å². The van der Waals surface area contributed by atoms with Crippen LogP contribution in [0.1, 0.15) is 25.7 Å². The maximum Gasteiger partial charge on any atom is 0.308 e. The number of hydrogen-bond acceptors (Lipinski definition) is 6. The van der Waals surface area contributed by atoms with Gasteiger partial charge in [0.1, 0.15) is 0 Å². The Morgan fingerprint density at radius 2 is 1.82 bits per heavy atom. The van der Waals surface area contributed by atoms with E-state index in [1.165, 1.54) is 14.2 Å². The van der Waals surface area contributed by atoms with Gasteiger partial charge in [-0.05, 0) is 6.42 Å². The lowest BCUT2D eigenvalue weighted by Gasteiger charge is -2.19. The van der Waals surface area contributed by atoms with Crippen molar-refractivity contribution in [3.05, 3.63) is 0 Å². The number of esters is 2. The molecule has 0 bridgehead atoms. The highest BCUT2D eigenvalue weighted by molar-refractivity contribution is 5.73. The zero-order valence-corrected chi connectivity index (χ0v) is 10.1. The van der Waals surface area contributed by atoms with Crippen LogP contribution in [0.3, 0.4) is 0 Å². The van der Waals surface area contributed by atoms with Crippen LogP contribution in [-0.4, -0.2) is 45.2 Å². The second-order valence-electron chi connectivity index (χ2n) is 3.76. The van der Waals surface area contributed by atoms with Gasteiger partial charge in [0.15, 0.2) is 6.29 Å². The van der Waals surface area contributed by atoms with Crippen molar-refractivity contribution >= 4 is 11.9 Å². The third-order valence-corrected chi connectivity index (χ3v) is 2.48. The molecule has 1 unspecified atom stereocenters. The zero-order chi connectivity index (χ0) is 12.7. The Balaban J connectivity index is 2.44. The van der Waals surface area contributed by atoms with E-state index < -0.39 is 18.0 Å². The Kier molecular flexibility index (Phi) is 5.93. The fourth-order valence-electron chi connectivity index (χ4n) is 1.58. The molecule has 1 atom stereocenters. The molecule has 0 aliphatic carbocycles. The minimum atomic E-state index is -0.557. The Morgan fingerprint density at radius 3 is 2.24 bits per heavy atom. The Morgan fingerprint density at radius 1 is 1.24 bits per heavy atom. The van der Waals surface area contributed by atoms with Crippen LogP contribution in [0, 0.1) is 0 Å². The summed E-state index contributed by atoms with van der Waals surface area (Å²) in [5.41, 5.74) is 0. The molecule has 0 aromatic heterocycles. The van der Waals surface area contributed by atoms with E-state index in [4.69, 9.17) is 9.47 Å². The summed E-state index contributed by atoms with van der Waals surface area (Å²) in [6.07, 6.45) is 0.844. The van der Waals surface area contributed by atoms with E-state index in [9.17, 15) is 9.59 Å². The van der Waals surface area contributed by atoms with Crippen LogP contribution in [0.25, 0.3) is 0 Å². The summed E-state index contributed by atoms with van der Waals surface area (Å²) in [5.74, 6) is -0.839. The van der Waals surface area contributed by atoms with Gasteiger partial charge in [0.05, 0.1) is 33.2 Å². The molecule has 0 N–H and O–H groups in total. The normalized spacial score (nSPS) is 19.4. The second-order valence-corrected chi connectivity index (χ2v) is 3.76. The topological polar surface area (TPSA) is 71.1 Å². The van der Waals surface area contributed by atoms with Crippen LogP contribution < -0.4 is 0 Å². The highest BCUT2D eigenvalue weighted by Crippen LogP contribution is 2.18. The van der Waals surface area contributed by atoms with Crippen LogP contribution in [0.2, 0.25) is 0 Å². The number of hydrogen-bond donors (Lipinski definition) is 0. The largest absolute Gasteiger partial charge is 0.469 e. The van der Waals surface area contributed by atoms with E-state index in [1.54, 1.807) is 0 Å². The molecular formula is C11H18O6. The van der Waals surface area contributed by atoms with Crippen LogP contribution >= 0.6 is 0 Å². The lowest BCUT2D eigenvalue weighted by atomic mass is 10.2. The molecular weight excluding hydrogens is 228 g/mol. The molecule has 98 valence electrons. The minimum Gasteiger partial charge on any atom is -0.469 e. The summed E-state index contributed by atoms with van der Waals surface area (Å²) in [6.45, 7) is 0.647. The molecule has 1 aliphatic rings. The van der Waals surface area contributed by atoms with Gasteiger partial charge in [0.25, 0.3) is 0 Å². The summed E-state index contributed by atoms with van der Waals surface area (Å²) >= 11 is 0. The number of carbonyl (C=O) groups is 2. The minimum absolute atomic E-state index is 0.0193. The molecule has 1 rings (SSSR count). The highest BCUT2D eigenvalue weighted by atomic mass is 16.7. The van der Waals surface area contributed by atoms with E-state index >= 15 is 0 Å². The van der Waals surface area contributed by atoms with Gasteiger partial charge >= 0.3 is 11.9 Å². The maximum atomic E-state index is 11.2. The van der Waals surface area contributed by atoms with E-state index in [2.05, 4.69) is 9.47 Å². The van der Waals surface area contributed by atoms with Crippen LogP contribution in [0.5, 0.6) is 0 Å². The van der Waals surface area contributed by atoms with E-state index in [0.29, 0.717) is 6.61 Å². The molecule has 1 fully saturated rings. The maximum absolute atomic E-state index is 11.2. The van der Waals surface area contributed by atoms with Crippen LogP contribution in [0.4, 0.5) is 0 Å². The van der Waals surface area contributed by atoms with E-state index in [0.717, 1.165) is 12.8 Å². The molecule has 0 aromatic carbocycles. The third kappa shape index (κ3) is 5.14. The summed E-state index contributed by atoms with van der Waals surface area (Å²) in [5, 5.41) is 0. The molecule has 6 heteroatoms. The average molecular weight is 246 g/mol. The fourth-order valence-corrected chi connectivity index (χ4v) is 1.58. The molecule has 0 spiro atoms. The molecule has 1 heterocycles. The highest BCUT2D eigenvalue weighted by Gasteiger charge is 2.25. The summed E-state index contributed by atoms with van der Waals surface area (Å²) in [4.78, 5) is 22.3. The monoisotopic (exact) mass is 246 g/mol. The first-order valence-electron chi connectivity index (χ1n) is 5.56. The van der Waals surface area contributed by atoms with Crippen molar-refractivity contribution < 1.29 is 28.5 Å². The second kappa shape index (κ2) is 7.24. The Bertz CT molecular complexity index is 241. The number of methoxy groups -OCH3 is 2. The zero-order valence-electron chi connectivity index (χ0n) is 10.1. The van der Waals surface area contributed by atoms with Crippen molar-refractivity contribution in [1.82, 2.24) is 0 Å². The van der Waals surface area contributed by atoms with Gasteiger partial charge < -0.3 is 18.9 Å². The molecule has 0 saturated carbocycles. The van der Waals surface area contributed by atoms with Gasteiger partial charge in [-0.15, -0.1) is 0 Å². The molecule has 0 radical (unpaired) electrons. The molecule has 1 aliphatic heterocycles. The summed E-state index contributed by atoms with van der Waals surface area (Å²) in [7, 11) is 2.59. The molecule has 17 heavy (non-hydrogen) atoms. The molecule has 1 saturated heterocycles. The van der Waals surface area contributed by atoms with Gasteiger partial charge in [-0.1, -0.05) is 0 Å². The Hall–Kier alpha value is -1.14. The van der Waals surface area contributed by atoms with Crippen molar-refractivity contribution in [2.45, 2.75) is 38.1 Å². The van der Waals surface area contributed by atoms with Crippen molar-refractivity contribution in [3.63, 3.8) is 0 Å². The fraction of sp³-hybridized carbons (Fsp3) is 0.818. The lowest BCUT2D eigenvalue weighted by Crippen LogP contribution is -2.27. The number of ether oxygens (including phenoxy) is 4. The standard InChI is InChI=1S/C11H18O6/c1-14-9(12)6-8(7-10(13)15-2)17-11-4-3-5-16-11/h8,11H,3-7H2,1-2H3. The first kappa shape index (κ1) is 13.9. The van der Waals surface area contributed by atoms with Crippen molar-refractivity contribution in [2.75, 3.05) is 20.8 Å². The van der Waals surface area contributed by atoms with Gasteiger partial charge in [-0.25, -0.2) is 0 Å². The average Bonchev–Trinajstić information content (AvgIpc) is 2.81. The lowest BCUT2D eigenvalue weighted by molar-refractivity contribution is -0.168. The molecule has 0 amide bonds. The van der Waals surface area contributed by atoms with Gasteiger partial charge in [-0.2, -0.15) is 0 Å². The summed E-state index contributed by atoms with van der Waals surface area (Å²) in [6, 6.07) is 0. The van der Waals surface area contributed by atoms with E-state index in [-0.39, 0.29) is 19.1 Å². The summed E-state index contributed by atoms with van der Waals surface area (Å²) < 4.78 is 19.9. The van der Waals surface area contributed by atoms with Crippen LogP contribution in [-0.2, 0) is 28.5 Å². The first-order valence-corrected chi connectivity index (χ1v) is 5.56. The quantitative estimate of drug-likeness (QED) is 0.640. The first-order chi connectivity index (χ1) is 8.15. The number of carbonyl (C=O) groups excluding carboxylic acids is 2. The molecule has 0 aromatic rings. The SMILES string of the molecule is COC(=O)CC(CC(=O)OC)OC1CCCO1. The van der Waals surface area contributed by atoms with Crippen LogP contribution in [0.15, 0.2) is 0 Å². The van der Waals surface area contributed by atoms with Gasteiger partial charge in [-0.3, -0.25) is 9.59 Å². The van der Waals surface area contributed by atoms with Gasteiger partial charge in [0, 0.05) is 13.0 Å². The third-order valence-electron chi connectivity index (χ3n) is 2.48. The van der Waals surface area contributed by atoms with Crippen molar-refractivity contribution in [2.24, 2.45) is 0 Å². The Labute approximate surface area is 100 Å². The van der Waals surface area contributed by atoms with Crippen molar-refractivity contribution in [1.29, 1.82) is 0 Å².